The number of aromatic hydroxyl groups is 1. The molecule has 1 aromatic carbocycles. The average Bonchev–Trinajstić information content (AvgIpc) is 2.97. The summed E-state index contributed by atoms with van der Waals surface area (Å²) in [6.07, 6.45) is 1.46. The molecule has 0 bridgehead atoms. The molecule has 8 heteroatoms. The number of rotatable bonds is 3. The molecule has 2 aromatic heterocycles. The number of pyridine rings is 1. The van der Waals surface area contributed by atoms with E-state index in [0.29, 0.717) is 0 Å². The predicted molar refractivity (Wildman–Crippen MR) is 71.3 cm³/mol. The highest BCUT2D eigenvalue weighted by Crippen LogP contribution is 2.30. The van der Waals surface area contributed by atoms with Crippen molar-refractivity contribution in [1.82, 2.24) is 15.1 Å². The molecule has 0 spiro atoms. The Hall–Kier alpha value is -3.29. The van der Waals surface area contributed by atoms with Gasteiger partial charge >= 0.3 is 0 Å². The van der Waals surface area contributed by atoms with Crippen LogP contribution in [-0.2, 0) is 0 Å². The van der Waals surface area contributed by atoms with Gasteiger partial charge in [0.15, 0.2) is 5.69 Å². The van der Waals surface area contributed by atoms with Crippen molar-refractivity contribution in [1.29, 1.82) is 0 Å². The zero-order chi connectivity index (χ0) is 14.8. The molecular weight excluding hydrogens is 276 g/mol. The smallest absolute Gasteiger partial charge is 0.280 e. The third-order valence-electron chi connectivity index (χ3n) is 2.76. The molecular formula is C13H8N4O4. The third kappa shape index (κ3) is 2.29. The number of benzene rings is 1. The van der Waals surface area contributed by atoms with E-state index in [4.69, 9.17) is 4.52 Å². The molecule has 0 aliphatic carbocycles. The van der Waals surface area contributed by atoms with Gasteiger partial charge in [0, 0.05) is 12.3 Å². The predicted octanol–water partition coefficient (Wildman–Crippen LogP) is 2.41. The van der Waals surface area contributed by atoms with E-state index in [1.807, 2.05) is 0 Å². The monoisotopic (exact) mass is 284 g/mol. The normalized spacial score (nSPS) is 10.5. The first-order valence-electron chi connectivity index (χ1n) is 5.88. The minimum atomic E-state index is -0.524. The van der Waals surface area contributed by atoms with Crippen LogP contribution in [0.4, 0.5) is 5.69 Å². The lowest BCUT2D eigenvalue weighted by Crippen LogP contribution is -1.92. The molecule has 21 heavy (non-hydrogen) atoms. The summed E-state index contributed by atoms with van der Waals surface area (Å²) < 4.78 is 5.01. The highest BCUT2D eigenvalue weighted by molar-refractivity contribution is 5.69. The Morgan fingerprint density at radius 1 is 1.19 bits per heavy atom. The van der Waals surface area contributed by atoms with E-state index in [9.17, 15) is 15.2 Å². The molecule has 104 valence electrons. The SMILES string of the molecule is O=[N+]([O-])c1ccccc1-c1noc(-c2ncccc2O)n1. The molecule has 0 saturated carbocycles. The number of aromatic nitrogens is 3. The van der Waals surface area contributed by atoms with Gasteiger partial charge in [-0.2, -0.15) is 4.98 Å². The van der Waals surface area contributed by atoms with Crippen LogP contribution in [-0.4, -0.2) is 25.2 Å². The van der Waals surface area contributed by atoms with Crippen LogP contribution in [0, 0.1) is 10.1 Å². The second-order valence-electron chi connectivity index (χ2n) is 4.07. The molecule has 0 amide bonds. The summed E-state index contributed by atoms with van der Waals surface area (Å²) in [5, 5.41) is 24.4. The Labute approximate surface area is 117 Å². The van der Waals surface area contributed by atoms with E-state index >= 15 is 0 Å². The van der Waals surface area contributed by atoms with E-state index in [-0.39, 0.29) is 34.4 Å². The standard InChI is InChI=1S/C13H8N4O4/c18-10-6-3-7-14-11(10)13-15-12(16-21-13)8-4-1-2-5-9(8)17(19)20/h1-7,18H. The van der Waals surface area contributed by atoms with Crippen LogP contribution in [0.15, 0.2) is 47.1 Å². The van der Waals surface area contributed by atoms with E-state index < -0.39 is 4.92 Å². The van der Waals surface area contributed by atoms with Crippen LogP contribution in [0.1, 0.15) is 0 Å². The first-order valence-corrected chi connectivity index (χ1v) is 5.88. The Morgan fingerprint density at radius 2 is 2.00 bits per heavy atom. The van der Waals surface area contributed by atoms with Gasteiger partial charge in [0.05, 0.1) is 4.92 Å². The van der Waals surface area contributed by atoms with Crippen LogP contribution in [0.2, 0.25) is 0 Å². The zero-order valence-corrected chi connectivity index (χ0v) is 10.5. The number of para-hydroxylation sites is 1. The second kappa shape index (κ2) is 5.00. The van der Waals surface area contributed by atoms with Gasteiger partial charge in [-0.25, -0.2) is 4.98 Å². The summed E-state index contributed by atoms with van der Waals surface area (Å²) in [7, 11) is 0. The summed E-state index contributed by atoms with van der Waals surface area (Å²) >= 11 is 0. The second-order valence-corrected chi connectivity index (χ2v) is 4.07. The maximum atomic E-state index is 11.0. The average molecular weight is 284 g/mol. The molecule has 0 aliphatic rings. The van der Waals surface area contributed by atoms with Crippen molar-refractivity contribution in [3.05, 3.63) is 52.7 Å². The fourth-order valence-electron chi connectivity index (χ4n) is 1.81. The minimum Gasteiger partial charge on any atom is -0.505 e. The molecule has 0 radical (unpaired) electrons. The van der Waals surface area contributed by atoms with Gasteiger partial charge in [0.1, 0.15) is 11.3 Å². The van der Waals surface area contributed by atoms with E-state index in [2.05, 4.69) is 15.1 Å². The fourth-order valence-corrected chi connectivity index (χ4v) is 1.81. The Balaban J connectivity index is 2.08. The summed E-state index contributed by atoms with van der Waals surface area (Å²) in [4.78, 5) is 18.5. The minimum absolute atomic E-state index is 0.0127. The van der Waals surface area contributed by atoms with E-state index in [0.717, 1.165) is 0 Å². The molecule has 0 fully saturated rings. The zero-order valence-electron chi connectivity index (χ0n) is 10.5. The van der Waals surface area contributed by atoms with Crippen LogP contribution in [0.3, 0.4) is 0 Å². The van der Waals surface area contributed by atoms with Gasteiger partial charge in [-0.1, -0.05) is 17.3 Å². The topological polar surface area (TPSA) is 115 Å². The lowest BCUT2D eigenvalue weighted by Gasteiger charge is -1.97. The summed E-state index contributed by atoms with van der Waals surface area (Å²) in [6, 6.07) is 9.04. The van der Waals surface area contributed by atoms with Crippen molar-refractivity contribution < 1.29 is 14.6 Å². The number of nitro benzene ring substituents is 1. The third-order valence-corrected chi connectivity index (χ3v) is 2.76. The molecule has 0 aliphatic heterocycles. The molecule has 0 saturated heterocycles. The molecule has 3 aromatic rings. The first kappa shape index (κ1) is 12.7. The van der Waals surface area contributed by atoms with Crippen LogP contribution < -0.4 is 0 Å². The molecule has 1 N–H and O–H groups in total. The molecule has 8 nitrogen and oxygen atoms in total. The van der Waals surface area contributed by atoms with Gasteiger partial charge < -0.3 is 9.63 Å². The molecule has 0 atom stereocenters. The van der Waals surface area contributed by atoms with Crippen molar-refractivity contribution in [3.63, 3.8) is 0 Å². The van der Waals surface area contributed by atoms with Gasteiger partial charge in [0.2, 0.25) is 5.82 Å². The largest absolute Gasteiger partial charge is 0.505 e. The molecule has 2 heterocycles. The maximum Gasteiger partial charge on any atom is 0.280 e. The first-order chi connectivity index (χ1) is 10.2. The quantitative estimate of drug-likeness (QED) is 0.579. The van der Waals surface area contributed by atoms with E-state index in [1.54, 1.807) is 18.2 Å². The lowest BCUT2D eigenvalue weighted by molar-refractivity contribution is -0.384. The van der Waals surface area contributed by atoms with Crippen molar-refractivity contribution in [2.75, 3.05) is 0 Å². The highest BCUT2D eigenvalue weighted by atomic mass is 16.6. The Kier molecular flexibility index (Phi) is 3.03. The van der Waals surface area contributed by atoms with Gasteiger partial charge in [-0.15, -0.1) is 0 Å². The Morgan fingerprint density at radius 3 is 2.76 bits per heavy atom. The fraction of sp³-hybridized carbons (Fsp3) is 0. The van der Waals surface area contributed by atoms with Crippen LogP contribution in [0.25, 0.3) is 23.0 Å². The van der Waals surface area contributed by atoms with Crippen LogP contribution in [0.5, 0.6) is 5.75 Å². The number of hydrogen-bond donors (Lipinski definition) is 1. The van der Waals surface area contributed by atoms with Crippen molar-refractivity contribution in [2.24, 2.45) is 0 Å². The van der Waals surface area contributed by atoms with Gasteiger partial charge in [-0.05, 0) is 18.2 Å². The van der Waals surface area contributed by atoms with Crippen molar-refractivity contribution >= 4 is 5.69 Å². The molecule has 0 unspecified atom stereocenters. The van der Waals surface area contributed by atoms with Crippen molar-refractivity contribution in [2.45, 2.75) is 0 Å². The Bertz CT molecular complexity index is 815. The summed E-state index contributed by atoms with van der Waals surface area (Å²) in [6.45, 7) is 0. The number of hydrogen-bond acceptors (Lipinski definition) is 7. The van der Waals surface area contributed by atoms with Gasteiger partial charge in [0.25, 0.3) is 11.6 Å². The van der Waals surface area contributed by atoms with Crippen molar-refractivity contribution in [3.8, 4) is 28.7 Å². The van der Waals surface area contributed by atoms with Gasteiger partial charge in [-0.3, -0.25) is 10.1 Å². The summed E-state index contributed by atoms with van der Waals surface area (Å²) in [5.41, 5.74) is 0.220. The lowest BCUT2D eigenvalue weighted by atomic mass is 10.2. The highest BCUT2D eigenvalue weighted by Gasteiger charge is 2.21. The maximum absolute atomic E-state index is 11.0. The van der Waals surface area contributed by atoms with Crippen LogP contribution >= 0.6 is 0 Å². The number of nitro groups is 1. The molecule has 3 rings (SSSR count). The summed E-state index contributed by atoms with van der Waals surface area (Å²) in [5.74, 6) is -0.0705. The van der Waals surface area contributed by atoms with E-state index in [1.165, 1.54) is 24.4 Å². The number of nitrogens with zero attached hydrogens (tertiary/aromatic N) is 4.